The number of anilines is 2. The zero-order valence-electron chi connectivity index (χ0n) is 17.3. The maximum atomic E-state index is 12.6. The van der Waals surface area contributed by atoms with Crippen LogP contribution in [0.3, 0.4) is 0 Å². The van der Waals surface area contributed by atoms with Gasteiger partial charge in [-0.1, -0.05) is 12.1 Å². The van der Waals surface area contributed by atoms with Gasteiger partial charge in [0.05, 0.1) is 16.8 Å². The Morgan fingerprint density at radius 3 is 2.17 bits per heavy atom. The molecule has 156 valence electrons. The first kappa shape index (κ1) is 19.9. The molecule has 30 heavy (non-hydrogen) atoms. The molecular formula is C23H25N3O4. The van der Waals surface area contributed by atoms with Gasteiger partial charge in [-0.15, -0.1) is 0 Å². The Morgan fingerprint density at radius 1 is 1.00 bits per heavy atom. The van der Waals surface area contributed by atoms with Gasteiger partial charge in [0.15, 0.2) is 0 Å². The topological polar surface area (TPSA) is 79.0 Å². The highest BCUT2D eigenvalue weighted by Crippen LogP contribution is 2.29. The quantitative estimate of drug-likeness (QED) is 0.781. The first-order chi connectivity index (χ1) is 14.2. The first-order valence-electron chi connectivity index (χ1n) is 10.1. The second-order valence-corrected chi connectivity index (χ2v) is 8.59. The fourth-order valence-electron chi connectivity index (χ4n) is 3.74. The Morgan fingerprint density at radius 2 is 1.60 bits per heavy atom. The minimum Gasteiger partial charge on any atom is -0.444 e. The second-order valence-electron chi connectivity index (χ2n) is 8.59. The van der Waals surface area contributed by atoms with Crippen LogP contribution in [0, 0.1) is 0 Å². The van der Waals surface area contributed by atoms with Gasteiger partial charge in [0.1, 0.15) is 5.60 Å². The van der Waals surface area contributed by atoms with Crippen LogP contribution in [0.25, 0.3) is 0 Å². The molecule has 0 spiro atoms. The normalized spacial score (nSPS) is 18.6. The average Bonchev–Trinajstić information content (AvgIpc) is 3.25. The Hall–Kier alpha value is -3.35. The van der Waals surface area contributed by atoms with Crippen LogP contribution in [0.15, 0.2) is 48.5 Å². The summed E-state index contributed by atoms with van der Waals surface area (Å²) in [4.78, 5) is 40.3. The van der Waals surface area contributed by atoms with Crippen molar-refractivity contribution in [2.24, 2.45) is 0 Å². The number of nitrogens with one attached hydrogen (secondary N) is 1. The Bertz CT molecular complexity index is 959. The van der Waals surface area contributed by atoms with Crippen molar-refractivity contribution in [3.8, 4) is 0 Å². The highest BCUT2D eigenvalue weighted by molar-refractivity contribution is 6.34. The molecule has 0 radical (unpaired) electrons. The van der Waals surface area contributed by atoms with E-state index in [2.05, 4.69) is 5.32 Å². The number of amides is 3. The van der Waals surface area contributed by atoms with Crippen molar-refractivity contribution in [1.29, 1.82) is 0 Å². The number of nitrogens with zero attached hydrogens (tertiary/aromatic N) is 2. The lowest BCUT2D eigenvalue weighted by molar-refractivity contribution is 0.0293. The molecule has 1 saturated heterocycles. The zero-order chi connectivity index (χ0) is 21.5. The molecule has 0 bridgehead atoms. The van der Waals surface area contributed by atoms with Gasteiger partial charge >= 0.3 is 6.09 Å². The van der Waals surface area contributed by atoms with Gasteiger partial charge in [-0.25, -0.2) is 9.69 Å². The third kappa shape index (κ3) is 3.87. The molecule has 3 amide bonds. The third-order valence-electron chi connectivity index (χ3n) is 5.13. The summed E-state index contributed by atoms with van der Waals surface area (Å²) in [6.07, 6.45) is 0.520. The first-order valence-corrected chi connectivity index (χ1v) is 10.1. The van der Waals surface area contributed by atoms with Gasteiger partial charge in [0.2, 0.25) is 0 Å². The van der Waals surface area contributed by atoms with E-state index in [-0.39, 0.29) is 23.9 Å². The van der Waals surface area contributed by atoms with E-state index in [1.165, 1.54) is 4.90 Å². The summed E-state index contributed by atoms with van der Waals surface area (Å²) in [6.45, 7) is 6.76. The summed E-state index contributed by atoms with van der Waals surface area (Å²) >= 11 is 0. The molecule has 2 aromatic carbocycles. The molecule has 0 saturated carbocycles. The summed E-state index contributed by atoms with van der Waals surface area (Å²) in [5, 5.41) is 3.41. The average molecular weight is 407 g/mol. The van der Waals surface area contributed by atoms with Crippen LogP contribution < -0.4 is 10.2 Å². The van der Waals surface area contributed by atoms with Crippen molar-refractivity contribution in [3.05, 3.63) is 59.7 Å². The molecule has 1 atom stereocenters. The zero-order valence-corrected chi connectivity index (χ0v) is 17.3. The molecule has 4 rings (SSSR count). The molecule has 1 fully saturated rings. The van der Waals surface area contributed by atoms with E-state index in [0.717, 1.165) is 12.1 Å². The van der Waals surface area contributed by atoms with E-state index < -0.39 is 5.60 Å². The number of hydrogen-bond donors (Lipinski definition) is 1. The van der Waals surface area contributed by atoms with Gasteiger partial charge in [-0.2, -0.15) is 0 Å². The lowest BCUT2D eigenvalue weighted by Gasteiger charge is -2.24. The number of likely N-dealkylation sites (tertiary alicyclic amines) is 1. The van der Waals surface area contributed by atoms with Crippen LogP contribution in [-0.2, 0) is 4.74 Å². The molecule has 2 aromatic rings. The van der Waals surface area contributed by atoms with E-state index in [0.29, 0.717) is 29.9 Å². The summed E-state index contributed by atoms with van der Waals surface area (Å²) in [5.41, 5.74) is 1.75. The maximum absolute atomic E-state index is 12.6. The molecule has 0 aromatic heterocycles. The lowest BCUT2D eigenvalue weighted by atomic mass is 10.1. The van der Waals surface area contributed by atoms with Crippen molar-refractivity contribution in [2.75, 3.05) is 23.3 Å². The van der Waals surface area contributed by atoms with Gasteiger partial charge < -0.3 is 15.0 Å². The molecular weight excluding hydrogens is 382 g/mol. The van der Waals surface area contributed by atoms with E-state index >= 15 is 0 Å². The summed E-state index contributed by atoms with van der Waals surface area (Å²) in [6, 6.07) is 14.1. The molecule has 2 heterocycles. The molecule has 1 N–H and O–H groups in total. The number of carbonyl (C=O) groups is 3. The van der Waals surface area contributed by atoms with Crippen LogP contribution in [0.1, 0.15) is 47.9 Å². The van der Waals surface area contributed by atoms with E-state index in [9.17, 15) is 14.4 Å². The number of imide groups is 1. The second kappa shape index (κ2) is 7.48. The number of hydrogen-bond acceptors (Lipinski definition) is 5. The van der Waals surface area contributed by atoms with Crippen LogP contribution in [-0.4, -0.2) is 47.5 Å². The Labute approximate surface area is 175 Å². The predicted octanol–water partition coefficient (Wildman–Crippen LogP) is 3.91. The fourth-order valence-corrected chi connectivity index (χ4v) is 3.74. The maximum Gasteiger partial charge on any atom is 0.410 e. The van der Waals surface area contributed by atoms with Crippen molar-refractivity contribution < 1.29 is 19.1 Å². The van der Waals surface area contributed by atoms with Crippen molar-refractivity contribution in [2.45, 2.75) is 38.8 Å². The van der Waals surface area contributed by atoms with Crippen molar-refractivity contribution >= 4 is 29.3 Å². The largest absolute Gasteiger partial charge is 0.444 e. The van der Waals surface area contributed by atoms with Gasteiger partial charge in [-0.05, 0) is 63.6 Å². The number of rotatable bonds is 3. The smallest absolute Gasteiger partial charge is 0.410 e. The standard InChI is InChI=1S/C23H25N3O4/c1-23(2,3)30-22(29)25-13-12-16(14-25)24-15-8-10-17(11-9-15)26-20(27)18-6-4-5-7-19(18)21(26)28/h4-11,16,24H,12-14H2,1-3H3. The molecule has 7 heteroatoms. The molecule has 1 unspecified atom stereocenters. The monoisotopic (exact) mass is 407 g/mol. The van der Waals surface area contributed by atoms with E-state index in [4.69, 9.17) is 4.74 Å². The Balaban J connectivity index is 1.39. The van der Waals surface area contributed by atoms with Crippen LogP contribution in [0.2, 0.25) is 0 Å². The minimum atomic E-state index is -0.511. The number of benzene rings is 2. The molecule has 0 aliphatic carbocycles. The highest BCUT2D eigenvalue weighted by Gasteiger charge is 2.36. The van der Waals surface area contributed by atoms with Gasteiger partial charge in [-0.3, -0.25) is 9.59 Å². The molecule has 7 nitrogen and oxygen atoms in total. The van der Waals surface area contributed by atoms with Crippen LogP contribution in [0.4, 0.5) is 16.2 Å². The summed E-state index contributed by atoms with van der Waals surface area (Å²) in [5.74, 6) is -0.611. The highest BCUT2D eigenvalue weighted by atomic mass is 16.6. The summed E-state index contributed by atoms with van der Waals surface area (Å²) in [7, 11) is 0. The van der Waals surface area contributed by atoms with Gasteiger partial charge in [0.25, 0.3) is 11.8 Å². The van der Waals surface area contributed by atoms with Gasteiger partial charge in [0, 0.05) is 24.8 Å². The Kier molecular flexibility index (Phi) is 4.97. The number of ether oxygens (including phenoxy) is 1. The minimum absolute atomic E-state index is 0.114. The van der Waals surface area contributed by atoms with E-state index in [1.54, 1.807) is 41.3 Å². The predicted molar refractivity (Wildman–Crippen MR) is 114 cm³/mol. The van der Waals surface area contributed by atoms with Crippen molar-refractivity contribution in [3.63, 3.8) is 0 Å². The third-order valence-corrected chi connectivity index (χ3v) is 5.13. The number of carbonyl (C=O) groups excluding carboxylic acids is 3. The fraction of sp³-hybridized carbons (Fsp3) is 0.348. The molecule has 2 aliphatic heterocycles. The summed E-state index contributed by atoms with van der Waals surface area (Å²) < 4.78 is 5.43. The van der Waals surface area contributed by atoms with E-state index in [1.807, 2.05) is 32.9 Å². The molecule has 2 aliphatic rings. The lowest BCUT2D eigenvalue weighted by Crippen LogP contribution is -2.36. The van der Waals surface area contributed by atoms with Crippen LogP contribution in [0.5, 0.6) is 0 Å². The van der Waals surface area contributed by atoms with Crippen molar-refractivity contribution in [1.82, 2.24) is 4.90 Å². The van der Waals surface area contributed by atoms with Crippen LogP contribution >= 0.6 is 0 Å². The number of fused-ring (bicyclic) bond motifs is 1. The SMILES string of the molecule is CC(C)(C)OC(=O)N1CCC(Nc2ccc(N3C(=O)c4ccccc4C3=O)cc2)C1.